The van der Waals surface area contributed by atoms with Crippen molar-refractivity contribution < 1.29 is 8.42 Å². The Hall–Kier alpha value is -3.37. The second kappa shape index (κ2) is 6.98. The molecule has 0 fully saturated rings. The first-order valence-electron chi connectivity index (χ1n) is 8.39. The summed E-state index contributed by atoms with van der Waals surface area (Å²) in [5, 5.41) is 12.9. The number of rotatable bonds is 5. The molecule has 142 valence electrons. The minimum absolute atomic E-state index is 0.469. The molecule has 28 heavy (non-hydrogen) atoms. The molecule has 3 heterocycles. The Bertz CT molecular complexity index is 1220. The molecular weight excluding hydrogens is 378 g/mol. The van der Waals surface area contributed by atoms with Gasteiger partial charge in [-0.25, -0.2) is 0 Å². The largest absolute Gasteiger partial charge is 0.301 e. The highest BCUT2D eigenvalue weighted by Crippen LogP contribution is 2.22. The van der Waals surface area contributed by atoms with Crippen molar-refractivity contribution in [3.05, 3.63) is 60.8 Å². The van der Waals surface area contributed by atoms with E-state index in [-0.39, 0.29) is 0 Å². The average molecular weight is 395 g/mol. The van der Waals surface area contributed by atoms with Crippen LogP contribution in [0.3, 0.4) is 0 Å². The number of benzene rings is 1. The molecule has 0 aliphatic carbocycles. The van der Waals surface area contributed by atoms with E-state index in [1.54, 1.807) is 35.0 Å². The van der Waals surface area contributed by atoms with Crippen molar-refractivity contribution in [2.24, 2.45) is 0 Å². The van der Waals surface area contributed by atoms with Gasteiger partial charge in [-0.2, -0.15) is 22.3 Å². The van der Waals surface area contributed by atoms with Gasteiger partial charge in [0, 0.05) is 31.5 Å². The smallest absolute Gasteiger partial charge is 0.271 e. The van der Waals surface area contributed by atoms with Gasteiger partial charge in [-0.3, -0.25) is 9.71 Å². The van der Waals surface area contributed by atoms with Crippen LogP contribution in [0.5, 0.6) is 0 Å². The van der Waals surface area contributed by atoms with Crippen LogP contribution in [-0.4, -0.2) is 51.6 Å². The van der Waals surface area contributed by atoms with Crippen molar-refractivity contribution in [1.29, 1.82) is 0 Å². The number of anilines is 1. The standard InChI is InChI=1S/C18H17N7O2S/c1-24(2)28(26,27)23-14-8-6-13(7-9-14)15-10-11-17-20-21-18(25(17)22-15)16-5-3-4-12-19-16/h3-12,23H,1-2H3. The molecule has 10 heteroatoms. The fraction of sp³-hybridized carbons (Fsp3) is 0.111. The van der Waals surface area contributed by atoms with Crippen LogP contribution < -0.4 is 4.72 Å². The Morgan fingerprint density at radius 3 is 2.39 bits per heavy atom. The highest BCUT2D eigenvalue weighted by Gasteiger charge is 2.14. The summed E-state index contributed by atoms with van der Waals surface area (Å²) in [4.78, 5) is 4.30. The Morgan fingerprint density at radius 1 is 0.929 bits per heavy atom. The minimum atomic E-state index is -3.55. The fourth-order valence-electron chi connectivity index (χ4n) is 2.55. The van der Waals surface area contributed by atoms with E-state index in [1.807, 2.05) is 30.3 Å². The predicted octanol–water partition coefficient (Wildman–Crippen LogP) is 2.07. The Kier molecular flexibility index (Phi) is 4.49. The van der Waals surface area contributed by atoms with Crippen molar-refractivity contribution >= 4 is 21.5 Å². The van der Waals surface area contributed by atoms with Gasteiger partial charge in [0.15, 0.2) is 5.65 Å². The normalized spacial score (nSPS) is 11.8. The maximum absolute atomic E-state index is 11.9. The summed E-state index contributed by atoms with van der Waals surface area (Å²) < 4.78 is 29.1. The SMILES string of the molecule is CN(C)S(=O)(=O)Nc1ccc(-c2ccc3nnc(-c4ccccn4)n3n2)cc1. The van der Waals surface area contributed by atoms with Crippen LogP contribution in [-0.2, 0) is 10.2 Å². The van der Waals surface area contributed by atoms with Gasteiger partial charge in [-0.1, -0.05) is 18.2 Å². The van der Waals surface area contributed by atoms with E-state index in [4.69, 9.17) is 0 Å². The maximum Gasteiger partial charge on any atom is 0.301 e. The lowest BCUT2D eigenvalue weighted by Crippen LogP contribution is -2.28. The first-order valence-corrected chi connectivity index (χ1v) is 9.83. The van der Waals surface area contributed by atoms with E-state index in [1.165, 1.54) is 14.1 Å². The topological polar surface area (TPSA) is 105 Å². The van der Waals surface area contributed by atoms with Crippen LogP contribution in [0, 0.1) is 0 Å². The quantitative estimate of drug-likeness (QED) is 0.555. The Labute approximate surface area is 161 Å². The van der Waals surface area contributed by atoms with Crippen molar-refractivity contribution in [2.45, 2.75) is 0 Å². The van der Waals surface area contributed by atoms with Crippen LogP contribution in [0.1, 0.15) is 0 Å². The van der Waals surface area contributed by atoms with E-state index >= 15 is 0 Å². The van der Waals surface area contributed by atoms with Crippen molar-refractivity contribution in [2.75, 3.05) is 18.8 Å². The third-order valence-electron chi connectivity index (χ3n) is 4.07. The highest BCUT2D eigenvalue weighted by molar-refractivity contribution is 7.90. The Balaban J connectivity index is 1.68. The van der Waals surface area contributed by atoms with Crippen molar-refractivity contribution in [1.82, 2.24) is 29.1 Å². The molecule has 9 nitrogen and oxygen atoms in total. The van der Waals surface area contributed by atoms with Crippen molar-refractivity contribution in [3.8, 4) is 22.8 Å². The van der Waals surface area contributed by atoms with Gasteiger partial charge in [0.2, 0.25) is 5.82 Å². The molecular formula is C18H17N7O2S. The van der Waals surface area contributed by atoms with Gasteiger partial charge >= 0.3 is 10.2 Å². The summed E-state index contributed by atoms with van der Waals surface area (Å²) in [7, 11) is -0.613. The minimum Gasteiger partial charge on any atom is -0.271 e. The molecule has 0 saturated heterocycles. The van der Waals surface area contributed by atoms with Crippen LogP contribution in [0.4, 0.5) is 5.69 Å². The molecule has 0 bridgehead atoms. The van der Waals surface area contributed by atoms with Crippen molar-refractivity contribution in [3.63, 3.8) is 0 Å². The average Bonchev–Trinajstić information content (AvgIpc) is 3.12. The third kappa shape index (κ3) is 3.42. The molecule has 0 spiro atoms. The molecule has 0 aliphatic rings. The summed E-state index contributed by atoms with van der Waals surface area (Å²) >= 11 is 0. The number of hydrogen-bond donors (Lipinski definition) is 1. The number of pyridine rings is 1. The van der Waals surface area contributed by atoms with Gasteiger partial charge in [0.1, 0.15) is 5.69 Å². The van der Waals surface area contributed by atoms with E-state index < -0.39 is 10.2 Å². The summed E-state index contributed by atoms with van der Waals surface area (Å²) in [6.45, 7) is 0. The van der Waals surface area contributed by atoms with E-state index in [0.29, 0.717) is 28.5 Å². The molecule has 1 N–H and O–H groups in total. The highest BCUT2D eigenvalue weighted by atomic mass is 32.2. The first-order chi connectivity index (χ1) is 13.4. The molecule has 4 aromatic rings. The summed E-state index contributed by atoms with van der Waals surface area (Å²) in [5.41, 5.74) is 3.28. The fourth-order valence-corrected chi connectivity index (χ4v) is 3.16. The van der Waals surface area contributed by atoms with Gasteiger partial charge < -0.3 is 0 Å². The predicted molar refractivity (Wildman–Crippen MR) is 106 cm³/mol. The first kappa shape index (κ1) is 18.0. The summed E-state index contributed by atoms with van der Waals surface area (Å²) in [5.74, 6) is 0.549. The van der Waals surface area contributed by atoms with Gasteiger partial charge in [-0.15, -0.1) is 10.2 Å². The number of aromatic nitrogens is 5. The lowest BCUT2D eigenvalue weighted by atomic mass is 10.1. The lowest BCUT2D eigenvalue weighted by Gasteiger charge is -2.13. The monoisotopic (exact) mass is 395 g/mol. The van der Waals surface area contributed by atoms with E-state index in [9.17, 15) is 8.42 Å². The molecule has 3 aromatic heterocycles. The van der Waals surface area contributed by atoms with Crippen LogP contribution >= 0.6 is 0 Å². The van der Waals surface area contributed by atoms with Gasteiger partial charge in [0.05, 0.1) is 5.69 Å². The summed E-state index contributed by atoms with van der Waals surface area (Å²) in [6.07, 6.45) is 1.69. The van der Waals surface area contributed by atoms with Crippen LogP contribution in [0.25, 0.3) is 28.4 Å². The zero-order chi connectivity index (χ0) is 19.7. The zero-order valence-electron chi connectivity index (χ0n) is 15.2. The van der Waals surface area contributed by atoms with Crippen LogP contribution in [0.2, 0.25) is 0 Å². The second-order valence-corrected chi connectivity index (χ2v) is 8.08. The molecule has 1 aromatic carbocycles. The molecule has 0 atom stereocenters. The van der Waals surface area contributed by atoms with E-state index in [0.717, 1.165) is 9.87 Å². The Morgan fingerprint density at radius 2 is 1.71 bits per heavy atom. The second-order valence-electron chi connectivity index (χ2n) is 6.19. The molecule has 0 saturated carbocycles. The molecule has 0 radical (unpaired) electrons. The van der Waals surface area contributed by atoms with Gasteiger partial charge in [0.25, 0.3) is 0 Å². The maximum atomic E-state index is 11.9. The third-order valence-corrected chi connectivity index (χ3v) is 5.52. The zero-order valence-corrected chi connectivity index (χ0v) is 16.0. The number of fused-ring (bicyclic) bond motifs is 1. The summed E-state index contributed by atoms with van der Waals surface area (Å²) in [6, 6.07) is 16.2. The number of nitrogens with zero attached hydrogens (tertiary/aromatic N) is 6. The molecule has 0 aliphatic heterocycles. The lowest BCUT2D eigenvalue weighted by molar-refractivity contribution is 0.527. The molecule has 0 amide bonds. The molecule has 0 unspecified atom stereocenters. The van der Waals surface area contributed by atoms with Gasteiger partial charge in [-0.05, 0) is 36.4 Å². The number of nitrogens with one attached hydrogen (secondary N) is 1. The van der Waals surface area contributed by atoms with E-state index in [2.05, 4.69) is 25.0 Å². The number of hydrogen-bond acceptors (Lipinski definition) is 6. The van der Waals surface area contributed by atoms with Crippen LogP contribution in [0.15, 0.2) is 60.8 Å². The molecule has 4 rings (SSSR count).